The Kier molecular flexibility index (Phi) is 5.23. The summed E-state index contributed by atoms with van der Waals surface area (Å²) in [5.74, 6) is 1.31. The summed E-state index contributed by atoms with van der Waals surface area (Å²) in [6.45, 7) is 8.31. The molecule has 0 spiro atoms. The van der Waals surface area contributed by atoms with Crippen LogP contribution >= 0.6 is 15.9 Å². The number of nitrogens with one attached hydrogen (secondary N) is 2. The first-order chi connectivity index (χ1) is 12.3. The van der Waals surface area contributed by atoms with Crippen molar-refractivity contribution in [3.8, 4) is 11.3 Å². The normalized spacial score (nSPS) is 11.3. The first-order valence-corrected chi connectivity index (χ1v) is 9.21. The SMILES string of the molecule is Cc1c(Br)cccc1Nc1cc(-c2cccnc2)nc(NC(C)(C)C)n1. The highest BCUT2D eigenvalue weighted by Crippen LogP contribution is 2.28. The van der Waals surface area contributed by atoms with Crippen LogP contribution in [0.25, 0.3) is 11.3 Å². The second-order valence-corrected chi connectivity index (χ2v) is 7.97. The molecule has 0 aliphatic carbocycles. The van der Waals surface area contributed by atoms with Crippen LogP contribution in [0.2, 0.25) is 0 Å². The molecule has 3 aromatic rings. The maximum absolute atomic E-state index is 4.66. The fourth-order valence-corrected chi connectivity index (χ4v) is 2.81. The molecule has 0 bridgehead atoms. The summed E-state index contributed by atoms with van der Waals surface area (Å²) in [4.78, 5) is 13.5. The van der Waals surface area contributed by atoms with Gasteiger partial charge in [-0.3, -0.25) is 4.98 Å². The molecule has 26 heavy (non-hydrogen) atoms. The summed E-state index contributed by atoms with van der Waals surface area (Å²) >= 11 is 3.57. The van der Waals surface area contributed by atoms with Gasteiger partial charge in [-0.15, -0.1) is 0 Å². The number of hydrogen-bond acceptors (Lipinski definition) is 5. The topological polar surface area (TPSA) is 62.7 Å². The largest absolute Gasteiger partial charge is 0.350 e. The lowest BCUT2D eigenvalue weighted by molar-refractivity contribution is 0.626. The highest BCUT2D eigenvalue weighted by Gasteiger charge is 2.14. The van der Waals surface area contributed by atoms with Crippen LogP contribution in [0.4, 0.5) is 17.5 Å². The molecule has 0 amide bonds. The lowest BCUT2D eigenvalue weighted by Crippen LogP contribution is -2.27. The van der Waals surface area contributed by atoms with Gasteiger partial charge in [-0.2, -0.15) is 4.98 Å². The smallest absolute Gasteiger partial charge is 0.225 e. The number of anilines is 3. The van der Waals surface area contributed by atoms with Gasteiger partial charge in [0.2, 0.25) is 5.95 Å². The van der Waals surface area contributed by atoms with Gasteiger partial charge in [-0.1, -0.05) is 22.0 Å². The molecular weight excluding hydrogens is 390 g/mol. The van der Waals surface area contributed by atoms with Gasteiger partial charge < -0.3 is 10.6 Å². The van der Waals surface area contributed by atoms with Crippen molar-refractivity contribution in [2.45, 2.75) is 33.2 Å². The summed E-state index contributed by atoms with van der Waals surface area (Å²) in [7, 11) is 0. The zero-order valence-corrected chi connectivity index (χ0v) is 16.9. The number of hydrogen-bond donors (Lipinski definition) is 2. The standard InChI is InChI=1S/C20H22BrN5/c1-13-15(21)8-5-9-16(13)23-18-11-17(14-7-6-10-22-12-14)24-19(25-18)26-20(2,3)4/h5-12H,1-4H3,(H2,23,24,25,26). The predicted molar refractivity (Wildman–Crippen MR) is 111 cm³/mol. The average molecular weight is 412 g/mol. The van der Waals surface area contributed by atoms with Crippen LogP contribution < -0.4 is 10.6 Å². The van der Waals surface area contributed by atoms with Gasteiger partial charge in [0.1, 0.15) is 5.82 Å². The minimum absolute atomic E-state index is 0.142. The zero-order chi connectivity index (χ0) is 18.7. The molecule has 0 saturated heterocycles. The summed E-state index contributed by atoms with van der Waals surface area (Å²) < 4.78 is 1.05. The Labute approximate surface area is 162 Å². The van der Waals surface area contributed by atoms with Crippen molar-refractivity contribution in [2.24, 2.45) is 0 Å². The molecule has 0 fully saturated rings. The van der Waals surface area contributed by atoms with Crippen LogP contribution in [0, 0.1) is 6.92 Å². The molecule has 0 atom stereocenters. The third kappa shape index (κ3) is 4.58. The number of rotatable bonds is 4. The fourth-order valence-electron chi connectivity index (χ4n) is 2.45. The summed E-state index contributed by atoms with van der Waals surface area (Å²) in [5, 5.41) is 6.76. The summed E-state index contributed by atoms with van der Waals surface area (Å²) in [5.41, 5.74) is 3.74. The first kappa shape index (κ1) is 18.3. The van der Waals surface area contributed by atoms with E-state index in [1.165, 1.54) is 0 Å². The number of benzene rings is 1. The van der Waals surface area contributed by atoms with Gasteiger partial charge in [0.15, 0.2) is 0 Å². The van der Waals surface area contributed by atoms with Crippen molar-refractivity contribution in [1.82, 2.24) is 15.0 Å². The van der Waals surface area contributed by atoms with Crippen LogP contribution in [0.3, 0.4) is 0 Å². The van der Waals surface area contributed by atoms with E-state index < -0.39 is 0 Å². The number of pyridine rings is 1. The Balaban J connectivity index is 2.03. The number of halogens is 1. The molecule has 2 N–H and O–H groups in total. The van der Waals surface area contributed by atoms with E-state index in [0.717, 1.165) is 32.8 Å². The Hall–Kier alpha value is -2.47. The highest BCUT2D eigenvalue weighted by molar-refractivity contribution is 9.10. The fraction of sp³-hybridized carbons (Fsp3) is 0.250. The predicted octanol–water partition coefficient (Wildman–Crippen LogP) is 5.56. The van der Waals surface area contributed by atoms with Crippen molar-refractivity contribution in [3.05, 3.63) is 58.8 Å². The van der Waals surface area contributed by atoms with Gasteiger partial charge in [0.05, 0.1) is 5.69 Å². The molecule has 134 valence electrons. The Bertz CT molecular complexity index is 904. The second kappa shape index (κ2) is 7.41. The summed E-state index contributed by atoms with van der Waals surface area (Å²) in [6, 6.07) is 11.9. The van der Waals surface area contributed by atoms with E-state index in [4.69, 9.17) is 0 Å². The monoisotopic (exact) mass is 411 g/mol. The van der Waals surface area contributed by atoms with Crippen molar-refractivity contribution in [2.75, 3.05) is 10.6 Å². The second-order valence-electron chi connectivity index (χ2n) is 7.12. The van der Waals surface area contributed by atoms with Crippen LogP contribution in [0.1, 0.15) is 26.3 Å². The van der Waals surface area contributed by atoms with Crippen LogP contribution in [-0.2, 0) is 0 Å². The van der Waals surface area contributed by atoms with Crippen molar-refractivity contribution in [1.29, 1.82) is 0 Å². The van der Waals surface area contributed by atoms with Crippen LogP contribution in [0.15, 0.2) is 53.3 Å². The molecule has 0 radical (unpaired) electrons. The van der Waals surface area contributed by atoms with Gasteiger partial charge in [0.25, 0.3) is 0 Å². The molecule has 1 aromatic carbocycles. The Morgan fingerprint density at radius 1 is 1.04 bits per heavy atom. The molecule has 0 saturated carbocycles. The van der Waals surface area contributed by atoms with Gasteiger partial charge in [-0.05, 0) is 57.5 Å². The molecular formula is C20H22BrN5. The quantitative estimate of drug-likeness (QED) is 0.587. The van der Waals surface area contributed by atoms with Crippen molar-refractivity contribution in [3.63, 3.8) is 0 Å². The van der Waals surface area contributed by atoms with Crippen molar-refractivity contribution < 1.29 is 0 Å². The number of nitrogens with zero attached hydrogens (tertiary/aromatic N) is 3. The minimum Gasteiger partial charge on any atom is -0.350 e. The molecule has 2 heterocycles. The molecule has 2 aromatic heterocycles. The molecule has 0 unspecified atom stereocenters. The Morgan fingerprint density at radius 2 is 1.85 bits per heavy atom. The van der Waals surface area contributed by atoms with E-state index in [1.807, 2.05) is 36.4 Å². The van der Waals surface area contributed by atoms with E-state index >= 15 is 0 Å². The minimum atomic E-state index is -0.142. The van der Waals surface area contributed by atoms with Crippen LogP contribution in [-0.4, -0.2) is 20.5 Å². The molecule has 0 aliphatic heterocycles. The molecule has 6 heteroatoms. The van der Waals surface area contributed by atoms with Crippen LogP contribution in [0.5, 0.6) is 0 Å². The third-order valence-corrected chi connectivity index (χ3v) is 4.56. The molecule has 0 aliphatic rings. The van der Waals surface area contributed by atoms with Crippen molar-refractivity contribution >= 4 is 33.4 Å². The third-order valence-electron chi connectivity index (χ3n) is 3.70. The maximum Gasteiger partial charge on any atom is 0.225 e. The van der Waals surface area contributed by atoms with E-state index in [1.54, 1.807) is 12.4 Å². The van der Waals surface area contributed by atoms with E-state index in [-0.39, 0.29) is 5.54 Å². The van der Waals surface area contributed by atoms with Gasteiger partial charge in [-0.25, -0.2) is 4.98 Å². The average Bonchev–Trinajstić information content (AvgIpc) is 2.58. The lowest BCUT2D eigenvalue weighted by atomic mass is 10.1. The van der Waals surface area contributed by atoms with E-state index in [0.29, 0.717) is 5.95 Å². The highest BCUT2D eigenvalue weighted by atomic mass is 79.9. The van der Waals surface area contributed by atoms with E-state index in [2.05, 4.69) is 69.2 Å². The Morgan fingerprint density at radius 3 is 2.54 bits per heavy atom. The molecule has 5 nitrogen and oxygen atoms in total. The number of aromatic nitrogens is 3. The maximum atomic E-state index is 4.66. The first-order valence-electron chi connectivity index (χ1n) is 8.42. The lowest BCUT2D eigenvalue weighted by Gasteiger charge is -2.21. The van der Waals surface area contributed by atoms with Gasteiger partial charge in [0, 0.05) is 39.7 Å². The van der Waals surface area contributed by atoms with Gasteiger partial charge >= 0.3 is 0 Å². The summed E-state index contributed by atoms with van der Waals surface area (Å²) in [6.07, 6.45) is 3.56. The molecule has 3 rings (SSSR count). The zero-order valence-electron chi connectivity index (χ0n) is 15.3. The van der Waals surface area contributed by atoms with E-state index in [9.17, 15) is 0 Å².